The summed E-state index contributed by atoms with van der Waals surface area (Å²) in [5.74, 6) is 0.145. The second kappa shape index (κ2) is 6.20. The Bertz CT molecular complexity index is 466. The van der Waals surface area contributed by atoms with Crippen LogP contribution in [0, 0.1) is 0 Å². The van der Waals surface area contributed by atoms with Gasteiger partial charge in [-0.15, -0.1) is 0 Å². The van der Waals surface area contributed by atoms with Gasteiger partial charge in [0.2, 0.25) is 0 Å². The molecule has 5 heteroatoms. The molecule has 0 heterocycles. The van der Waals surface area contributed by atoms with Crippen LogP contribution < -0.4 is 5.32 Å². The molecule has 1 aromatic rings. The van der Waals surface area contributed by atoms with Crippen molar-refractivity contribution < 1.29 is 8.42 Å². The van der Waals surface area contributed by atoms with E-state index >= 15 is 0 Å². The smallest absolute Gasteiger partial charge is 0.149 e. The first kappa shape index (κ1) is 15.0. The minimum absolute atomic E-state index is 0.0836. The van der Waals surface area contributed by atoms with Crippen LogP contribution in [0.25, 0.3) is 0 Å². The normalized spacial score (nSPS) is 13.6. The summed E-state index contributed by atoms with van der Waals surface area (Å²) in [5, 5.41) is 3.19. The van der Waals surface area contributed by atoms with Gasteiger partial charge in [-0.25, -0.2) is 8.42 Å². The zero-order chi connectivity index (χ0) is 13.8. The zero-order valence-electron chi connectivity index (χ0n) is 11.5. The molecule has 1 unspecified atom stereocenters. The molecule has 0 aliphatic heterocycles. The molecule has 4 nitrogen and oxygen atoms in total. The predicted octanol–water partition coefficient (Wildman–Crippen LogP) is 1.59. The lowest BCUT2D eigenvalue weighted by Gasteiger charge is -2.15. The number of nitrogens with one attached hydrogen (secondary N) is 1. The number of nitrogens with zero attached hydrogens (tertiary/aromatic N) is 1. The minimum Gasteiger partial charge on any atom is -0.382 e. The molecule has 0 aromatic heterocycles. The number of anilines is 1. The van der Waals surface area contributed by atoms with Crippen LogP contribution in [-0.2, 0) is 16.4 Å². The molecule has 0 bridgehead atoms. The number of benzene rings is 1. The van der Waals surface area contributed by atoms with Gasteiger partial charge in [0.15, 0.2) is 0 Å². The standard InChI is InChI=1S/C13H22N2O2S/c1-11(10-18(4,16)17)14-13-7-5-12(6-8-13)9-15(2)3/h5-8,11,14H,9-10H2,1-4H3. The van der Waals surface area contributed by atoms with Crippen LogP contribution in [0.4, 0.5) is 5.69 Å². The third kappa shape index (κ3) is 6.02. The van der Waals surface area contributed by atoms with Gasteiger partial charge in [0, 0.05) is 24.5 Å². The van der Waals surface area contributed by atoms with Crippen LogP contribution in [0.2, 0.25) is 0 Å². The summed E-state index contributed by atoms with van der Waals surface area (Å²) in [5.41, 5.74) is 2.19. The van der Waals surface area contributed by atoms with Gasteiger partial charge < -0.3 is 10.2 Å². The van der Waals surface area contributed by atoms with Crippen molar-refractivity contribution in [3.63, 3.8) is 0 Å². The lowest BCUT2D eigenvalue weighted by Crippen LogP contribution is -2.24. The Labute approximate surface area is 110 Å². The lowest BCUT2D eigenvalue weighted by atomic mass is 10.2. The first-order valence-corrected chi connectivity index (χ1v) is 8.00. The fraction of sp³-hybridized carbons (Fsp3) is 0.538. The lowest BCUT2D eigenvalue weighted by molar-refractivity contribution is 0.402. The van der Waals surface area contributed by atoms with Gasteiger partial charge >= 0.3 is 0 Å². The summed E-state index contributed by atoms with van der Waals surface area (Å²) in [6.45, 7) is 2.77. The van der Waals surface area contributed by atoms with Crippen LogP contribution in [0.15, 0.2) is 24.3 Å². The van der Waals surface area contributed by atoms with E-state index in [1.54, 1.807) is 0 Å². The molecule has 1 aromatic carbocycles. The van der Waals surface area contributed by atoms with E-state index in [-0.39, 0.29) is 11.8 Å². The van der Waals surface area contributed by atoms with Crippen LogP contribution in [0.3, 0.4) is 0 Å². The van der Waals surface area contributed by atoms with Gasteiger partial charge in [0.25, 0.3) is 0 Å². The van der Waals surface area contributed by atoms with Gasteiger partial charge in [-0.3, -0.25) is 0 Å². The highest BCUT2D eigenvalue weighted by Gasteiger charge is 2.09. The molecule has 0 radical (unpaired) electrons. The Kier molecular flexibility index (Phi) is 5.16. The number of hydrogen-bond acceptors (Lipinski definition) is 4. The van der Waals surface area contributed by atoms with E-state index in [1.165, 1.54) is 11.8 Å². The van der Waals surface area contributed by atoms with Crippen molar-refractivity contribution in [2.45, 2.75) is 19.5 Å². The molecule has 0 amide bonds. The van der Waals surface area contributed by atoms with Crippen LogP contribution >= 0.6 is 0 Å². The van der Waals surface area contributed by atoms with Crippen molar-refractivity contribution >= 4 is 15.5 Å². The molecule has 102 valence electrons. The monoisotopic (exact) mass is 270 g/mol. The molecule has 0 saturated carbocycles. The fourth-order valence-electron chi connectivity index (χ4n) is 1.85. The molecule has 1 rings (SSSR count). The quantitative estimate of drug-likeness (QED) is 0.853. The topological polar surface area (TPSA) is 49.4 Å². The molecular weight excluding hydrogens is 248 g/mol. The SMILES string of the molecule is CC(CS(C)(=O)=O)Nc1ccc(CN(C)C)cc1. The van der Waals surface area contributed by atoms with Gasteiger partial charge in [-0.1, -0.05) is 12.1 Å². The third-order valence-electron chi connectivity index (χ3n) is 2.42. The summed E-state index contributed by atoms with van der Waals surface area (Å²) in [7, 11) is 1.12. The third-order valence-corrected chi connectivity index (χ3v) is 3.52. The van der Waals surface area contributed by atoms with E-state index in [1.807, 2.05) is 33.2 Å². The second-order valence-electron chi connectivity index (χ2n) is 5.07. The Hall–Kier alpha value is -1.07. The first-order valence-electron chi connectivity index (χ1n) is 5.94. The Morgan fingerprint density at radius 2 is 1.78 bits per heavy atom. The number of rotatable bonds is 6. The van der Waals surface area contributed by atoms with E-state index in [2.05, 4.69) is 22.3 Å². The van der Waals surface area contributed by atoms with Gasteiger partial charge in [0.05, 0.1) is 5.75 Å². The van der Waals surface area contributed by atoms with Crippen LogP contribution in [-0.4, -0.2) is 45.5 Å². The van der Waals surface area contributed by atoms with Gasteiger partial charge in [-0.2, -0.15) is 0 Å². The molecule has 1 atom stereocenters. The highest BCUT2D eigenvalue weighted by molar-refractivity contribution is 7.90. The van der Waals surface area contributed by atoms with Crippen molar-refractivity contribution in [2.24, 2.45) is 0 Å². The summed E-state index contributed by atoms with van der Waals surface area (Å²) in [6.07, 6.45) is 1.26. The maximum Gasteiger partial charge on any atom is 0.149 e. The maximum atomic E-state index is 11.2. The van der Waals surface area contributed by atoms with E-state index in [4.69, 9.17) is 0 Å². The molecule has 0 spiro atoms. The van der Waals surface area contributed by atoms with Crippen molar-refractivity contribution in [3.05, 3.63) is 29.8 Å². The molecular formula is C13H22N2O2S. The van der Waals surface area contributed by atoms with E-state index in [9.17, 15) is 8.42 Å². The zero-order valence-corrected chi connectivity index (χ0v) is 12.3. The second-order valence-corrected chi connectivity index (χ2v) is 7.26. The predicted molar refractivity (Wildman–Crippen MR) is 76.6 cm³/mol. The maximum absolute atomic E-state index is 11.2. The minimum atomic E-state index is -2.94. The highest BCUT2D eigenvalue weighted by atomic mass is 32.2. The molecule has 1 N–H and O–H groups in total. The number of hydrogen-bond donors (Lipinski definition) is 1. The Morgan fingerprint density at radius 3 is 2.22 bits per heavy atom. The Balaban J connectivity index is 2.58. The summed E-state index contributed by atoms with van der Waals surface area (Å²) in [4.78, 5) is 2.11. The van der Waals surface area contributed by atoms with Gasteiger partial charge in [0.1, 0.15) is 9.84 Å². The van der Waals surface area contributed by atoms with E-state index in [0.29, 0.717) is 0 Å². The average Bonchev–Trinajstić information content (AvgIpc) is 2.17. The largest absolute Gasteiger partial charge is 0.382 e. The van der Waals surface area contributed by atoms with E-state index in [0.717, 1.165) is 12.2 Å². The van der Waals surface area contributed by atoms with Crippen LogP contribution in [0.1, 0.15) is 12.5 Å². The molecule has 0 aliphatic carbocycles. The fourth-order valence-corrected chi connectivity index (χ4v) is 2.84. The summed E-state index contributed by atoms with van der Waals surface area (Å²) in [6, 6.07) is 7.99. The van der Waals surface area contributed by atoms with Crippen molar-refractivity contribution in [2.75, 3.05) is 31.4 Å². The van der Waals surface area contributed by atoms with Gasteiger partial charge in [-0.05, 0) is 38.7 Å². The Morgan fingerprint density at radius 1 is 1.22 bits per heavy atom. The summed E-state index contributed by atoms with van der Waals surface area (Å²) >= 11 is 0. The first-order chi connectivity index (χ1) is 8.26. The van der Waals surface area contributed by atoms with Crippen molar-refractivity contribution in [3.8, 4) is 0 Å². The molecule has 0 aliphatic rings. The molecule has 0 saturated heterocycles. The highest BCUT2D eigenvalue weighted by Crippen LogP contribution is 2.12. The van der Waals surface area contributed by atoms with Crippen molar-refractivity contribution in [1.82, 2.24) is 4.90 Å². The number of sulfone groups is 1. The molecule has 18 heavy (non-hydrogen) atoms. The van der Waals surface area contributed by atoms with Crippen LogP contribution in [0.5, 0.6) is 0 Å². The van der Waals surface area contributed by atoms with E-state index < -0.39 is 9.84 Å². The summed E-state index contributed by atoms with van der Waals surface area (Å²) < 4.78 is 22.3. The molecule has 0 fully saturated rings. The average molecular weight is 270 g/mol. The van der Waals surface area contributed by atoms with Crippen molar-refractivity contribution in [1.29, 1.82) is 0 Å².